The molecule has 0 bridgehead atoms. The molecule has 3 amide bonds. The van der Waals surface area contributed by atoms with Crippen LogP contribution in [-0.2, 0) is 59.8 Å². The summed E-state index contributed by atoms with van der Waals surface area (Å²) in [5, 5.41) is 7.95. The molecule has 4 aromatic rings. The normalized spacial score (nSPS) is 11.6. The second-order valence-corrected chi connectivity index (χ2v) is 12.1. The van der Waals surface area contributed by atoms with Gasteiger partial charge in [0, 0.05) is 13.0 Å². The van der Waals surface area contributed by atoms with E-state index < -0.39 is 42.1 Å². The van der Waals surface area contributed by atoms with Crippen LogP contribution in [0.25, 0.3) is 0 Å². The Hall–Kier alpha value is -6.17. The minimum atomic E-state index is -1.22. The van der Waals surface area contributed by atoms with Crippen molar-refractivity contribution in [3.05, 3.63) is 144 Å². The van der Waals surface area contributed by atoms with Crippen molar-refractivity contribution in [1.29, 1.82) is 0 Å². The van der Waals surface area contributed by atoms with Crippen LogP contribution < -0.4 is 16.0 Å². The number of alkyl carbamates (subject to hydrolysis) is 2. The molecule has 0 unspecified atom stereocenters. The van der Waals surface area contributed by atoms with Crippen molar-refractivity contribution in [1.82, 2.24) is 16.0 Å². The van der Waals surface area contributed by atoms with Gasteiger partial charge in [0.05, 0.1) is 0 Å². The molecular weight excluding hydrogens is 678 g/mol. The summed E-state index contributed by atoms with van der Waals surface area (Å²) in [5.74, 6) is -1.98. The first-order valence-corrected chi connectivity index (χ1v) is 17.5. The Labute approximate surface area is 309 Å². The van der Waals surface area contributed by atoms with Crippen LogP contribution in [0.1, 0.15) is 54.4 Å². The molecule has 0 radical (unpaired) electrons. The average Bonchev–Trinajstić information content (AvgIpc) is 3.20. The topological polar surface area (TPSA) is 158 Å². The number of carbonyl (C=O) groups excluding carboxylic acids is 5. The maximum Gasteiger partial charge on any atom is 0.408 e. The minimum absolute atomic E-state index is 0.0183. The zero-order valence-corrected chi connectivity index (χ0v) is 29.4. The zero-order valence-electron chi connectivity index (χ0n) is 29.4. The summed E-state index contributed by atoms with van der Waals surface area (Å²) in [7, 11) is 0. The molecule has 0 aromatic heterocycles. The molecule has 0 aliphatic rings. The van der Waals surface area contributed by atoms with Crippen molar-refractivity contribution >= 4 is 30.0 Å². The lowest BCUT2D eigenvalue weighted by Crippen LogP contribution is -2.52. The first-order chi connectivity index (χ1) is 25.9. The van der Waals surface area contributed by atoms with Gasteiger partial charge in [-0.05, 0) is 47.9 Å². The predicted octanol–water partition coefficient (Wildman–Crippen LogP) is 6.13. The summed E-state index contributed by atoms with van der Waals surface area (Å²) in [6.45, 7) is 0.393. The van der Waals surface area contributed by atoms with Gasteiger partial charge >= 0.3 is 24.1 Å². The maximum absolute atomic E-state index is 13.7. The van der Waals surface area contributed by atoms with E-state index in [1.165, 1.54) is 0 Å². The van der Waals surface area contributed by atoms with E-state index in [1.807, 2.05) is 97.1 Å². The minimum Gasteiger partial charge on any atom is -0.461 e. The molecule has 12 heteroatoms. The summed E-state index contributed by atoms with van der Waals surface area (Å²) in [4.78, 5) is 64.6. The third kappa shape index (κ3) is 15.7. The van der Waals surface area contributed by atoms with Gasteiger partial charge in [-0.25, -0.2) is 14.4 Å². The van der Waals surface area contributed by atoms with E-state index in [0.717, 1.165) is 22.3 Å². The molecular formula is C41H45N3O9. The Morgan fingerprint density at radius 3 is 1.43 bits per heavy atom. The van der Waals surface area contributed by atoms with Crippen LogP contribution in [0.15, 0.2) is 121 Å². The molecule has 0 spiro atoms. The van der Waals surface area contributed by atoms with E-state index >= 15 is 0 Å². The van der Waals surface area contributed by atoms with Crippen molar-refractivity contribution in [2.24, 2.45) is 0 Å². The molecule has 0 fully saturated rings. The number of amides is 3. The first kappa shape index (κ1) is 39.6. The highest BCUT2D eigenvalue weighted by Gasteiger charge is 2.29. The molecule has 0 saturated carbocycles. The smallest absolute Gasteiger partial charge is 0.408 e. The largest absolute Gasteiger partial charge is 0.461 e. The Bertz CT molecular complexity index is 1710. The van der Waals surface area contributed by atoms with Crippen LogP contribution >= 0.6 is 0 Å². The molecule has 53 heavy (non-hydrogen) atoms. The summed E-state index contributed by atoms with van der Waals surface area (Å²) in [5.41, 5.74) is 3.16. The number of nitrogens with one attached hydrogen (secondary N) is 3. The second kappa shape index (κ2) is 22.6. The number of hydrogen-bond donors (Lipinski definition) is 3. The van der Waals surface area contributed by atoms with Gasteiger partial charge in [0.1, 0.15) is 38.5 Å². The lowest BCUT2D eigenvalue weighted by Gasteiger charge is -2.22. The Kier molecular flexibility index (Phi) is 16.9. The zero-order chi connectivity index (χ0) is 37.5. The summed E-state index contributed by atoms with van der Waals surface area (Å²) in [6.07, 6.45) is -0.674. The fraction of sp³-hybridized carbons (Fsp3) is 0.293. The van der Waals surface area contributed by atoms with Crippen LogP contribution in [0.5, 0.6) is 0 Å². The third-order valence-electron chi connectivity index (χ3n) is 7.93. The van der Waals surface area contributed by atoms with Crippen LogP contribution in [0.4, 0.5) is 9.59 Å². The van der Waals surface area contributed by atoms with Gasteiger partial charge in [0.25, 0.3) is 0 Å². The van der Waals surface area contributed by atoms with E-state index in [-0.39, 0.29) is 52.2 Å². The summed E-state index contributed by atoms with van der Waals surface area (Å²) in [6, 6.07) is 34.2. The molecule has 278 valence electrons. The SMILES string of the molecule is O=C(CC[C@@H](NC(=O)[C@H](CCCCNC(=O)OCc1ccccc1)NC(=O)OCc1ccccc1)C(=O)OCc1ccccc1)OCc1ccccc1. The van der Waals surface area contributed by atoms with E-state index in [9.17, 15) is 24.0 Å². The maximum atomic E-state index is 13.7. The van der Waals surface area contributed by atoms with Crippen molar-refractivity contribution in [2.45, 2.75) is 70.6 Å². The molecule has 2 atom stereocenters. The second-order valence-electron chi connectivity index (χ2n) is 12.1. The number of benzene rings is 4. The van der Waals surface area contributed by atoms with Crippen LogP contribution in [0.3, 0.4) is 0 Å². The number of carbonyl (C=O) groups is 5. The number of ether oxygens (including phenoxy) is 4. The number of esters is 2. The van der Waals surface area contributed by atoms with Gasteiger partial charge < -0.3 is 34.9 Å². The molecule has 4 rings (SSSR count). The molecule has 0 aliphatic heterocycles. The van der Waals surface area contributed by atoms with E-state index in [1.54, 1.807) is 24.3 Å². The van der Waals surface area contributed by atoms with Crippen molar-refractivity contribution in [3.8, 4) is 0 Å². The standard InChI is InChI=1S/C41H45N3O9/c45-37(50-27-31-15-5-1-6-16-31)25-24-36(39(47)51-28-32-17-7-2-8-18-32)43-38(46)35(44-41(49)53-30-34-21-11-4-12-22-34)23-13-14-26-42-40(48)52-29-33-19-9-3-10-20-33/h1-12,15-22,35-36H,13-14,23-30H2,(H,42,48)(H,43,46)(H,44,49)/t35-,36+/m0/s1. The van der Waals surface area contributed by atoms with Crippen LogP contribution in [0.2, 0.25) is 0 Å². The van der Waals surface area contributed by atoms with Gasteiger partial charge in [-0.3, -0.25) is 9.59 Å². The quantitative estimate of drug-likeness (QED) is 0.0554. The van der Waals surface area contributed by atoms with E-state index in [2.05, 4.69) is 16.0 Å². The monoisotopic (exact) mass is 723 g/mol. The first-order valence-electron chi connectivity index (χ1n) is 17.5. The fourth-order valence-electron chi connectivity index (χ4n) is 5.04. The fourth-order valence-corrected chi connectivity index (χ4v) is 5.04. The van der Waals surface area contributed by atoms with E-state index in [4.69, 9.17) is 18.9 Å². The highest BCUT2D eigenvalue weighted by atomic mass is 16.6. The number of unbranched alkanes of at least 4 members (excludes halogenated alkanes) is 1. The molecule has 3 N–H and O–H groups in total. The molecule has 4 aromatic carbocycles. The number of hydrogen-bond acceptors (Lipinski definition) is 9. The average molecular weight is 724 g/mol. The summed E-state index contributed by atoms with van der Waals surface area (Å²) >= 11 is 0. The van der Waals surface area contributed by atoms with E-state index in [0.29, 0.717) is 12.8 Å². The molecule has 0 aliphatic carbocycles. The Morgan fingerprint density at radius 1 is 0.472 bits per heavy atom. The van der Waals surface area contributed by atoms with Crippen LogP contribution in [-0.4, -0.2) is 48.7 Å². The van der Waals surface area contributed by atoms with Gasteiger partial charge in [-0.1, -0.05) is 121 Å². The lowest BCUT2D eigenvalue weighted by molar-refractivity contribution is -0.150. The number of rotatable bonds is 20. The van der Waals surface area contributed by atoms with Gasteiger partial charge in [0.2, 0.25) is 5.91 Å². The van der Waals surface area contributed by atoms with Crippen molar-refractivity contribution < 1.29 is 42.9 Å². The van der Waals surface area contributed by atoms with Crippen molar-refractivity contribution in [2.75, 3.05) is 6.54 Å². The van der Waals surface area contributed by atoms with Crippen molar-refractivity contribution in [3.63, 3.8) is 0 Å². The summed E-state index contributed by atoms with van der Waals surface area (Å²) < 4.78 is 21.5. The highest BCUT2D eigenvalue weighted by Crippen LogP contribution is 2.11. The van der Waals surface area contributed by atoms with Gasteiger partial charge in [-0.2, -0.15) is 0 Å². The molecule has 0 saturated heterocycles. The third-order valence-corrected chi connectivity index (χ3v) is 7.93. The Morgan fingerprint density at radius 2 is 0.925 bits per heavy atom. The lowest BCUT2D eigenvalue weighted by atomic mass is 10.1. The highest BCUT2D eigenvalue weighted by molar-refractivity contribution is 5.90. The molecule has 12 nitrogen and oxygen atoms in total. The van der Waals surface area contributed by atoms with Crippen LogP contribution in [0, 0.1) is 0 Å². The van der Waals surface area contributed by atoms with Gasteiger partial charge in [0.15, 0.2) is 0 Å². The Balaban J connectivity index is 1.35. The molecule has 0 heterocycles. The van der Waals surface area contributed by atoms with Gasteiger partial charge in [-0.15, -0.1) is 0 Å². The predicted molar refractivity (Wildman–Crippen MR) is 196 cm³/mol.